The maximum atomic E-state index is 5.83. The quantitative estimate of drug-likeness (QED) is 0.156. The molecule has 1 aliphatic rings. The van der Waals surface area contributed by atoms with Crippen molar-refractivity contribution in [3.63, 3.8) is 0 Å². The molecule has 1 unspecified atom stereocenters. The van der Waals surface area contributed by atoms with Crippen molar-refractivity contribution in [2.45, 2.75) is 85.5 Å². The lowest BCUT2D eigenvalue weighted by Crippen LogP contribution is -2.49. The molecule has 0 aliphatic heterocycles. The fraction of sp³-hybridized carbons (Fsp3) is 1.00. The van der Waals surface area contributed by atoms with Crippen molar-refractivity contribution >= 4 is 17.4 Å². The summed E-state index contributed by atoms with van der Waals surface area (Å²) in [5, 5.41) is 3.41. The van der Waals surface area contributed by atoms with Crippen LogP contribution >= 0.6 is 0 Å². The molecule has 0 aromatic heterocycles. The molecule has 1 rings (SSSR count). The van der Waals surface area contributed by atoms with Gasteiger partial charge in [-0.25, -0.2) is 0 Å². The van der Waals surface area contributed by atoms with Gasteiger partial charge in [0.15, 0.2) is 0 Å². The maximum absolute atomic E-state index is 5.83. The lowest BCUT2D eigenvalue weighted by atomic mass is 10.3. The second-order valence-electron chi connectivity index (χ2n) is 8.06. The molecule has 0 bridgehead atoms. The summed E-state index contributed by atoms with van der Waals surface area (Å²) in [7, 11) is -4.40. The molecule has 8 nitrogen and oxygen atoms in total. The normalized spacial score (nSPS) is 17.9. The Morgan fingerprint density at radius 1 is 0.839 bits per heavy atom. The largest absolute Gasteiger partial charge is 0.500 e. The average molecular weight is 482 g/mol. The van der Waals surface area contributed by atoms with E-state index in [1.165, 1.54) is 12.8 Å². The first-order valence-electron chi connectivity index (χ1n) is 12.2. The van der Waals surface area contributed by atoms with Crippen LogP contribution in [0.4, 0.5) is 0 Å². The highest BCUT2D eigenvalue weighted by Gasteiger charge is 2.50. The van der Waals surface area contributed by atoms with E-state index in [1.54, 1.807) is 0 Å². The van der Waals surface area contributed by atoms with Gasteiger partial charge in [0.25, 0.3) is 0 Å². The van der Waals surface area contributed by atoms with Crippen LogP contribution in [0, 0.1) is 5.92 Å². The third kappa shape index (κ3) is 13.4. The summed E-state index contributed by atoms with van der Waals surface area (Å²) in [5.41, 5.74) is 11.2. The minimum atomic E-state index is -2.49. The molecule has 0 amide bonds. The van der Waals surface area contributed by atoms with Crippen LogP contribution in [0.1, 0.15) is 67.2 Å². The molecule has 0 radical (unpaired) electrons. The molecule has 31 heavy (non-hydrogen) atoms. The maximum Gasteiger partial charge on any atom is 0.500 e. The zero-order valence-corrected chi connectivity index (χ0v) is 23.3. The third-order valence-corrected chi connectivity index (χ3v) is 10.9. The number of nitrogens with one attached hydrogen (secondary N) is 1. The zero-order valence-electron chi connectivity index (χ0n) is 21.3. The van der Waals surface area contributed by atoms with Gasteiger partial charge in [-0.15, -0.1) is 0 Å². The van der Waals surface area contributed by atoms with E-state index in [4.69, 9.17) is 33.6 Å². The minimum Gasteiger partial charge on any atom is -0.394 e. The monoisotopic (exact) mass is 481 g/mol. The number of nitrogens with two attached hydrogens (primary N) is 2. The molecule has 0 saturated heterocycles. The Morgan fingerprint density at radius 3 is 1.65 bits per heavy atom. The first-order chi connectivity index (χ1) is 14.7. The van der Waals surface area contributed by atoms with Crippen LogP contribution in [0.5, 0.6) is 0 Å². The predicted octanol–water partition coefficient (Wildman–Crippen LogP) is 3.12. The molecule has 10 heteroatoms. The highest BCUT2D eigenvalue weighted by Crippen LogP contribution is 2.41. The van der Waals surface area contributed by atoms with E-state index in [9.17, 15) is 0 Å². The molecule has 0 aromatic rings. The molecule has 5 N–H and O–H groups in total. The van der Waals surface area contributed by atoms with E-state index in [2.05, 4.69) is 18.8 Å². The van der Waals surface area contributed by atoms with Gasteiger partial charge in [0.1, 0.15) is 0 Å². The Labute approximate surface area is 193 Å². The van der Waals surface area contributed by atoms with Gasteiger partial charge in [-0.2, -0.15) is 0 Å². The highest BCUT2D eigenvalue weighted by atomic mass is 28.4. The number of rotatable bonds is 18. The van der Waals surface area contributed by atoms with Crippen molar-refractivity contribution in [2.75, 3.05) is 45.7 Å². The summed E-state index contributed by atoms with van der Waals surface area (Å²) in [4.78, 5) is 0. The van der Waals surface area contributed by atoms with Gasteiger partial charge < -0.3 is 38.9 Å². The van der Waals surface area contributed by atoms with E-state index in [0.717, 1.165) is 44.8 Å². The molecule has 1 aliphatic carbocycles. The van der Waals surface area contributed by atoms with Crippen LogP contribution in [-0.2, 0) is 22.1 Å². The second kappa shape index (κ2) is 16.7. The molecular formula is C21H51N3O5Si2. The fourth-order valence-corrected chi connectivity index (χ4v) is 8.31. The van der Waals surface area contributed by atoms with E-state index in [-0.39, 0.29) is 0 Å². The Morgan fingerprint density at radius 2 is 1.29 bits per heavy atom. The van der Waals surface area contributed by atoms with Gasteiger partial charge in [-0.1, -0.05) is 13.3 Å². The summed E-state index contributed by atoms with van der Waals surface area (Å²) in [6.45, 7) is 18.7. The lowest BCUT2D eigenvalue weighted by Gasteiger charge is -2.28. The first kappa shape index (κ1) is 31.1. The van der Waals surface area contributed by atoms with Crippen LogP contribution < -0.4 is 16.8 Å². The summed E-state index contributed by atoms with van der Waals surface area (Å²) >= 11 is 0. The van der Waals surface area contributed by atoms with Crippen molar-refractivity contribution in [3.8, 4) is 0 Å². The van der Waals surface area contributed by atoms with E-state index in [1.807, 2.05) is 34.6 Å². The predicted molar refractivity (Wildman–Crippen MR) is 132 cm³/mol. The topological polar surface area (TPSA) is 110 Å². The number of hydrogen-bond donors (Lipinski definition) is 3. The van der Waals surface area contributed by atoms with Crippen molar-refractivity contribution in [2.24, 2.45) is 17.4 Å². The molecule has 1 saturated carbocycles. The third-order valence-electron chi connectivity index (χ3n) is 5.14. The van der Waals surface area contributed by atoms with Gasteiger partial charge in [0.2, 0.25) is 0 Å². The second-order valence-corrected chi connectivity index (χ2v) is 14.0. The molecular weight excluding hydrogens is 430 g/mol. The summed E-state index contributed by atoms with van der Waals surface area (Å²) in [6.07, 6.45) is 5.17. The van der Waals surface area contributed by atoms with Gasteiger partial charge in [-0.3, -0.25) is 0 Å². The highest BCUT2D eigenvalue weighted by molar-refractivity contribution is 6.66. The van der Waals surface area contributed by atoms with Crippen molar-refractivity contribution in [1.29, 1.82) is 0 Å². The van der Waals surface area contributed by atoms with Crippen LogP contribution in [-0.4, -0.2) is 68.8 Å². The molecule has 0 aromatic carbocycles. The lowest BCUT2D eigenvalue weighted by molar-refractivity contribution is 0.0703. The Kier molecular flexibility index (Phi) is 16.7. The van der Waals surface area contributed by atoms with Crippen LogP contribution in [0.3, 0.4) is 0 Å². The van der Waals surface area contributed by atoms with Gasteiger partial charge in [0, 0.05) is 45.2 Å². The van der Waals surface area contributed by atoms with Gasteiger partial charge >= 0.3 is 17.4 Å². The Hall–Kier alpha value is 0.114. The first-order valence-corrected chi connectivity index (χ1v) is 16.6. The minimum absolute atomic E-state index is 0.385. The van der Waals surface area contributed by atoms with Crippen LogP contribution in [0.2, 0.25) is 12.6 Å². The van der Waals surface area contributed by atoms with E-state index < -0.39 is 23.0 Å². The van der Waals surface area contributed by atoms with Crippen molar-refractivity contribution in [3.05, 3.63) is 0 Å². The molecule has 1 fully saturated rings. The fourth-order valence-electron chi connectivity index (χ4n) is 3.46. The van der Waals surface area contributed by atoms with E-state index >= 15 is 0 Å². The average Bonchev–Trinajstić information content (AvgIpc) is 3.32. The van der Waals surface area contributed by atoms with Crippen molar-refractivity contribution < 1.29 is 22.1 Å². The Balaban J connectivity index is 0.000000594. The van der Waals surface area contributed by atoms with Crippen LogP contribution in [0.25, 0.3) is 0 Å². The molecule has 0 heterocycles. The molecule has 188 valence electrons. The van der Waals surface area contributed by atoms with E-state index in [0.29, 0.717) is 25.7 Å². The number of hydrogen-bond acceptors (Lipinski definition) is 8. The smallest absolute Gasteiger partial charge is 0.394 e. The summed E-state index contributed by atoms with van der Waals surface area (Å²) in [5.74, 6) is 0.385. The van der Waals surface area contributed by atoms with Gasteiger partial charge in [-0.05, 0) is 72.9 Å². The molecule has 1 atom stereocenters. The SMILES string of the molecule is CCCCNC[Si](C)(OCC)OCC.CCO[Si](CCC1CC1(N)N)(OCC)OCC. The standard InChI is InChI=1S/C11H26N2O3Si.C10H25NO2Si/c1-4-14-17(15-5-2,16-6-3)8-7-10-9-11(10,12)13;1-5-8-9-11-10-14(4,12-6-2)13-7-3/h10H,4-9,12-13H2,1-3H3;11H,5-10H2,1-4H3. The van der Waals surface area contributed by atoms with Gasteiger partial charge in [0.05, 0.1) is 5.66 Å². The summed E-state index contributed by atoms with van der Waals surface area (Å²) < 4.78 is 28.7. The van der Waals surface area contributed by atoms with Crippen LogP contribution in [0.15, 0.2) is 0 Å². The Bertz CT molecular complexity index is 424. The number of unbranched alkanes of at least 4 members (excludes halogenated alkanes) is 1. The molecule has 0 spiro atoms. The zero-order chi connectivity index (χ0) is 23.8. The summed E-state index contributed by atoms with van der Waals surface area (Å²) in [6, 6.07) is 0.809. The van der Waals surface area contributed by atoms with Crippen molar-refractivity contribution in [1.82, 2.24) is 5.32 Å².